The van der Waals surface area contributed by atoms with Crippen LogP contribution >= 0.6 is 0 Å². The number of aliphatic carboxylic acids is 1. The molecular weight excluding hydrogens is 202 g/mol. The first-order valence-electron chi connectivity index (χ1n) is 5.24. The number of carboxylic acid groups (broad SMARTS) is 1. The average molecular weight is 217 g/mol. The normalized spacial score (nSPS) is 11.9. The lowest BCUT2D eigenvalue weighted by molar-refractivity contribution is -0.142. The van der Waals surface area contributed by atoms with Gasteiger partial charge in [0.05, 0.1) is 5.41 Å². The zero-order chi connectivity index (χ0) is 11.9. The van der Waals surface area contributed by atoms with Crippen LogP contribution in [0.25, 0.3) is 10.9 Å². The monoisotopic (exact) mass is 217 g/mol. The summed E-state index contributed by atoms with van der Waals surface area (Å²) in [4.78, 5) is 14.3. The Labute approximate surface area is 94.1 Å². The summed E-state index contributed by atoms with van der Waals surface area (Å²) >= 11 is 0. The Hall–Kier alpha value is -1.77. The van der Waals surface area contributed by atoms with Crippen LogP contribution < -0.4 is 0 Å². The van der Waals surface area contributed by atoms with Gasteiger partial charge in [-0.1, -0.05) is 11.6 Å². The second-order valence-electron chi connectivity index (χ2n) is 4.68. The molecule has 0 aliphatic rings. The minimum atomic E-state index is -0.869. The van der Waals surface area contributed by atoms with Gasteiger partial charge in [0, 0.05) is 17.1 Å². The molecule has 0 bridgehead atoms. The molecule has 0 fully saturated rings. The maximum Gasteiger partial charge on any atom is 0.313 e. The van der Waals surface area contributed by atoms with Crippen molar-refractivity contribution in [3.05, 3.63) is 35.5 Å². The van der Waals surface area contributed by atoms with E-state index in [4.69, 9.17) is 0 Å². The van der Waals surface area contributed by atoms with Crippen molar-refractivity contribution in [2.24, 2.45) is 0 Å². The van der Waals surface area contributed by atoms with Crippen LogP contribution in [0.15, 0.2) is 24.4 Å². The molecule has 3 heteroatoms. The van der Waals surface area contributed by atoms with Crippen LogP contribution in [0, 0.1) is 6.92 Å². The first-order chi connectivity index (χ1) is 7.43. The summed E-state index contributed by atoms with van der Waals surface area (Å²) in [5.74, 6) is -0.810. The maximum absolute atomic E-state index is 11.2. The Morgan fingerprint density at radius 1 is 1.38 bits per heavy atom. The molecule has 0 radical (unpaired) electrons. The third-order valence-electron chi connectivity index (χ3n) is 3.05. The van der Waals surface area contributed by atoms with Crippen molar-refractivity contribution in [1.29, 1.82) is 0 Å². The van der Waals surface area contributed by atoms with Crippen molar-refractivity contribution in [2.75, 3.05) is 0 Å². The molecule has 84 valence electrons. The Bertz CT molecular complexity index is 552. The van der Waals surface area contributed by atoms with E-state index in [0.717, 1.165) is 22.0 Å². The number of aryl methyl sites for hydroxylation is 1. The molecule has 1 heterocycles. The zero-order valence-corrected chi connectivity index (χ0v) is 9.66. The van der Waals surface area contributed by atoms with E-state index in [-0.39, 0.29) is 0 Å². The van der Waals surface area contributed by atoms with Gasteiger partial charge in [0.1, 0.15) is 0 Å². The lowest BCUT2D eigenvalue weighted by Crippen LogP contribution is -2.28. The number of aromatic nitrogens is 1. The van der Waals surface area contributed by atoms with Crippen LogP contribution in [0.2, 0.25) is 0 Å². The van der Waals surface area contributed by atoms with Crippen LogP contribution in [0.5, 0.6) is 0 Å². The highest BCUT2D eigenvalue weighted by Crippen LogP contribution is 2.31. The predicted molar refractivity (Wildman–Crippen MR) is 63.7 cm³/mol. The summed E-state index contributed by atoms with van der Waals surface area (Å²) in [6.07, 6.45) is 1.79. The third-order valence-corrected chi connectivity index (χ3v) is 3.05. The van der Waals surface area contributed by atoms with Crippen molar-refractivity contribution < 1.29 is 9.90 Å². The Morgan fingerprint density at radius 3 is 2.69 bits per heavy atom. The van der Waals surface area contributed by atoms with Crippen LogP contribution in [0.1, 0.15) is 25.0 Å². The number of hydrogen-bond donors (Lipinski definition) is 2. The van der Waals surface area contributed by atoms with E-state index in [1.807, 2.05) is 25.1 Å². The van der Waals surface area contributed by atoms with E-state index in [9.17, 15) is 9.90 Å². The first-order valence-corrected chi connectivity index (χ1v) is 5.24. The van der Waals surface area contributed by atoms with Crippen molar-refractivity contribution in [3.63, 3.8) is 0 Å². The van der Waals surface area contributed by atoms with Gasteiger partial charge in [0.2, 0.25) is 0 Å². The molecule has 16 heavy (non-hydrogen) atoms. The number of rotatable bonds is 2. The molecule has 1 aromatic carbocycles. The highest BCUT2D eigenvalue weighted by Gasteiger charge is 2.31. The van der Waals surface area contributed by atoms with E-state index in [2.05, 4.69) is 4.98 Å². The highest BCUT2D eigenvalue weighted by atomic mass is 16.4. The predicted octanol–water partition coefficient (Wildman–Crippen LogP) is 2.84. The standard InChI is InChI=1S/C13H15NO2/c1-8-4-5-11-9(6-8)10(7-14-11)13(2,3)12(15)16/h4-7,14H,1-3H3,(H,15,16). The molecular formula is C13H15NO2. The van der Waals surface area contributed by atoms with Gasteiger partial charge in [-0.15, -0.1) is 0 Å². The molecule has 0 atom stereocenters. The van der Waals surface area contributed by atoms with Crippen LogP contribution in [-0.4, -0.2) is 16.1 Å². The molecule has 2 rings (SSSR count). The Morgan fingerprint density at radius 2 is 2.06 bits per heavy atom. The Kier molecular flexibility index (Phi) is 2.26. The van der Waals surface area contributed by atoms with Crippen molar-refractivity contribution in [2.45, 2.75) is 26.2 Å². The molecule has 0 aliphatic carbocycles. The number of fused-ring (bicyclic) bond motifs is 1. The number of aromatic amines is 1. The molecule has 0 saturated heterocycles. The molecule has 0 spiro atoms. The van der Waals surface area contributed by atoms with E-state index in [1.165, 1.54) is 0 Å². The average Bonchev–Trinajstić information content (AvgIpc) is 2.60. The number of benzene rings is 1. The molecule has 3 nitrogen and oxygen atoms in total. The van der Waals surface area contributed by atoms with Crippen LogP contribution in [-0.2, 0) is 10.2 Å². The summed E-state index contributed by atoms with van der Waals surface area (Å²) in [5, 5.41) is 10.2. The van der Waals surface area contributed by atoms with Gasteiger partial charge in [0.15, 0.2) is 0 Å². The summed E-state index contributed by atoms with van der Waals surface area (Å²) in [7, 11) is 0. The van der Waals surface area contributed by atoms with E-state index in [0.29, 0.717) is 0 Å². The van der Waals surface area contributed by atoms with Gasteiger partial charge in [0.25, 0.3) is 0 Å². The number of nitrogens with one attached hydrogen (secondary N) is 1. The lowest BCUT2D eigenvalue weighted by Gasteiger charge is -2.18. The molecule has 0 amide bonds. The minimum Gasteiger partial charge on any atom is -0.481 e. The van der Waals surface area contributed by atoms with Crippen molar-refractivity contribution >= 4 is 16.9 Å². The van der Waals surface area contributed by atoms with E-state index in [1.54, 1.807) is 20.0 Å². The van der Waals surface area contributed by atoms with Gasteiger partial charge < -0.3 is 10.1 Å². The minimum absolute atomic E-state index is 0.810. The Balaban J connectivity index is 2.70. The summed E-state index contributed by atoms with van der Waals surface area (Å²) in [5.41, 5.74) is 2.08. The van der Waals surface area contributed by atoms with Gasteiger partial charge in [-0.25, -0.2) is 0 Å². The van der Waals surface area contributed by atoms with E-state index >= 15 is 0 Å². The maximum atomic E-state index is 11.2. The smallest absolute Gasteiger partial charge is 0.313 e. The number of H-pyrrole nitrogens is 1. The van der Waals surface area contributed by atoms with Gasteiger partial charge in [-0.3, -0.25) is 4.79 Å². The molecule has 0 saturated carbocycles. The summed E-state index contributed by atoms with van der Waals surface area (Å²) in [6, 6.07) is 6.01. The fraction of sp³-hybridized carbons (Fsp3) is 0.308. The third kappa shape index (κ3) is 1.48. The van der Waals surface area contributed by atoms with Gasteiger partial charge in [-0.05, 0) is 38.5 Å². The molecule has 1 aromatic heterocycles. The summed E-state index contributed by atoms with van der Waals surface area (Å²) in [6.45, 7) is 5.45. The molecule has 0 aliphatic heterocycles. The molecule has 2 N–H and O–H groups in total. The second-order valence-corrected chi connectivity index (χ2v) is 4.68. The summed E-state index contributed by atoms with van der Waals surface area (Å²) < 4.78 is 0. The van der Waals surface area contributed by atoms with Crippen LogP contribution in [0.4, 0.5) is 0 Å². The highest BCUT2D eigenvalue weighted by molar-refractivity contribution is 5.91. The SMILES string of the molecule is Cc1ccc2[nH]cc(C(C)(C)C(=O)O)c2c1. The lowest BCUT2D eigenvalue weighted by atomic mass is 9.84. The van der Waals surface area contributed by atoms with E-state index < -0.39 is 11.4 Å². The van der Waals surface area contributed by atoms with Gasteiger partial charge in [-0.2, -0.15) is 0 Å². The fourth-order valence-corrected chi connectivity index (χ4v) is 1.87. The number of hydrogen-bond acceptors (Lipinski definition) is 1. The largest absolute Gasteiger partial charge is 0.481 e. The quantitative estimate of drug-likeness (QED) is 0.812. The topological polar surface area (TPSA) is 53.1 Å². The van der Waals surface area contributed by atoms with Crippen LogP contribution in [0.3, 0.4) is 0 Å². The van der Waals surface area contributed by atoms with Crippen molar-refractivity contribution in [3.8, 4) is 0 Å². The zero-order valence-electron chi connectivity index (χ0n) is 9.66. The number of carboxylic acids is 1. The molecule has 2 aromatic rings. The first kappa shape index (κ1) is 10.7. The number of carbonyl (C=O) groups is 1. The second kappa shape index (κ2) is 3.37. The fourth-order valence-electron chi connectivity index (χ4n) is 1.87. The van der Waals surface area contributed by atoms with Gasteiger partial charge >= 0.3 is 5.97 Å². The molecule has 0 unspecified atom stereocenters. The van der Waals surface area contributed by atoms with Crippen molar-refractivity contribution in [1.82, 2.24) is 4.98 Å².